The Bertz CT molecular complexity index is 804. The quantitative estimate of drug-likeness (QED) is 0.212. The molecule has 7 heteroatoms. The number of benzene rings is 2. The van der Waals surface area contributed by atoms with Gasteiger partial charge in [-0.1, -0.05) is 36.4 Å². The number of rotatable bonds is 8. The molecule has 30 heavy (non-hydrogen) atoms. The van der Waals surface area contributed by atoms with Gasteiger partial charge in [-0.3, -0.25) is 9.79 Å². The van der Waals surface area contributed by atoms with E-state index in [9.17, 15) is 4.79 Å². The number of para-hydroxylation sites is 1. The first-order valence-electron chi connectivity index (χ1n) is 9.94. The van der Waals surface area contributed by atoms with Crippen LogP contribution in [-0.4, -0.2) is 37.6 Å². The zero-order chi connectivity index (χ0) is 21.1. The van der Waals surface area contributed by atoms with Crippen molar-refractivity contribution in [2.45, 2.75) is 39.3 Å². The molecule has 2 aromatic rings. The minimum absolute atomic E-state index is 0. The molecule has 0 aliphatic rings. The van der Waals surface area contributed by atoms with E-state index in [1.54, 1.807) is 19.2 Å². The van der Waals surface area contributed by atoms with Crippen LogP contribution < -0.4 is 20.7 Å². The van der Waals surface area contributed by atoms with Crippen molar-refractivity contribution >= 4 is 35.8 Å². The van der Waals surface area contributed by atoms with E-state index in [1.807, 2.05) is 63.2 Å². The van der Waals surface area contributed by atoms with Crippen LogP contribution >= 0.6 is 24.0 Å². The highest BCUT2D eigenvalue weighted by Gasteiger charge is 2.14. The first-order valence-corrected chi connectivity index (χ1v) is 9.94. The van der Waals surface area contributed by atoms with Gasteiger partial charge in [-0.05, 0) is 45.4 Å². The number of hydrogen-bond acceptors (Lipinski definition) is 3. The predicted molar refractivity (Wildman–Crippen MR) is 134 cm³/mol. The van der Waals surface area contributed by atoms with Crippen LogP contribution in [0.4, 0.5) is 0 Å². The van der Waals surface area contributed by atoms with E-state index in [0.717, 1.165) is 17.7 Å². The van der Waals surface area contributed by atoms with Gasteiger partial charge < -0.3 is 20.7 Å². The van der Waals surface area contributed by atoms with Gasteiger partial charge in [-0.25, -0.2) is 0 Å². The van der Waals surface area contributed by atoms with Gasteiger partial charge in [0.2, 0.25) is 0 Å². The highest BCUT2D eigenvalue weighted by molar-refractivity contribution is 14.0. The molecule has 0 aliphatic carbocycles. The van der Waals surface area contributed by atoms with Gasteiger partial charge in [0.1, 0.15) is 11.4 Å². The molecule has 0 saturated heterocycles. The number of guanidine groups is 1. The number of nitrogens with one attached hydrogen (secondary N) is 3. The summed E-state index contributed by atoms with van der Waals surface area (Å²) >= 11 is 0. The Kier molecular flexibility index (Phi) is 11.2. The Labute approximate surface area is 196 Å². The molecule has 164 valence electrons. The number of halogens is 1. The van der Waals surface area contributed by atoms with Crippen molar-refractivity contribution in [3.05, 3.63) is 65.7 Å². The number of aliphatic imine (C=N–C) groups is 1. The molecular formula is C23H33IN4O2. The Morgan fingerprint density at radius 3 is 2.23 bits per heavy atom. The van der Waals surface area contributed by atoms with Gasteiger partial charge in [0.05, 0.1) is 0 Å². The summed E-state index contributed by atoms with van der Waals surface area (Å²) in [6.07, 6.45) is 0.795. The van der Waals surface area contributed by atoms with E-state index < -0.39 is 0 Å². The topological polar surface area (TPSA) is 74.8 Å². The van der Waals surface area contributed by atoms with Crippen molar-refractivity contribution in [2.24, 2.45) is 4.99 Å². The lowest BCUT2D eigenvalue weighted by Crippen LogP contribution is -2.38. The van der Waals surface area contributed by atoms with Gasteiger partial charge >= 0.3 is 0 Å². The molecule has 0 unspecified atom stereocenters. The molecule has 0 heterocycles. The maximum atomic E-state index is 12.0. The molecule has 2 aromatic carbocycles. The third kappa shape index (κ3) is 9.47. The SMILES string of the molecule is CN=C(NCCCNC(=O)c1ccccc1)NCc1ccccc1OC(C)(C)C.I. The molecular weight excluding hydrogens is 491 g/mol. The highest BCUT2D eigenvalue weighted by atomic mass is 127. The predicted octanol–water partition coefficient (Wildman–Crippen LogP) is 3.97. The second-order valence-corrected chi connectivity index (χ2v) is 7.65. The number of ether oxygens (including phenoxy) is 1. The summed E-state index contributed by atoms with van der Waals surface area (Å²) < 4.78 is 6.03. The maximum Gasteiger partial charge on any atom is 0.251 e. The molecule has 0 atom stereocenters. The lowest BCUT2D eigenvalue weighted by atomic mass is 10.1. The molecule has 0 saturated carbocycles. The third-order valence-electron chi connectivity index (χ3n) is 4.03. The normalized spacial score (nSPS) is 11.3. The van der Waals surface area contributed by atoms with Gasteiger partial charge in [-0.2, -0.15) is 0 Å². The van der Waals surface area contributed by atoms with Crippen molar-refractivity contribution < 1.29 is 9.53 Å². The monoisotopic (exact) mass is 524 g/mol. The van der Waals surface area contributed by atoms with Crippen LogP contribution in [-0.2, 0) is 6.54 Å². The number of carbonyl (C=O) groups is 1. The average Bonchev–Trinajstić information content (AvgIpc) is 2.70. The van der Waals surface area contributed by atoms with Crippen LogP contribution in [0.2, 0.25) is 0 Å². The van der Waals surface area contributed by atoms with E-state index >= 15 is 0 Å². The summed E-state index contributed by atoms with van der Waals surface area (Å²) in [5.74, 6) is 1.53. The van der Waals surface area contributed by atoms with Crippen molar-refractivity contribution in [2.75, 3.05) is 20.1 Å². The maximum absolute atomic E-state index is 12.0. The second-order valence-electron chi connectivity index (χ2n) is 7.65. The minimum Gasteiger partial charge on any atom is -0.488 e. The van der Waals surface area contributed by atoms with Crippen LogP contribution in [0.3, 0.4) is 0 Å². The van der Waals surface area contributed by atoms with E-state index in [0.29, 0.717) is 31.2 Å². The Balaban J connectivity index is 0.00000450. The van der Waals surface area contributed by atoms with E-state index in [2.05, 4.69) is 20.9 Å². The standard InChI is InChI=1S/C23H32N4O2.HI/c1-23(2,3)29-20-14-9-8-13-19(20)17-27-22(24-4)26-16-10-15-25-21(28)18-11-6-5-7-12-18;/h5-9,11-14H,10,15-17H2,1-4H3,(H,25,28)(H2,24,26,27);1H. The van der Waals surface area contributed by atoms with Crippen molar-refractivity contribution in [1.82, 2.24) is 16.0 Å². The first kappa shape index (κ1) is 25.7. The molecule has 0 bridgehead atoms. The van der Waals surface area contributed by atoms with E-state index in [-0.39, 0.29) is 35.5 Å². The van der Waals surface area contributed by atoms with Gasteiger partial charge in [0.15, 0.2) is 5.96 Å². The van der Waals surface area contributed by atoms with E-state index in [1.165, 1.54) is 0 Å². The van der Waals surface area contributed by atoms with Gasteiger partial charge in [-0.15, -0.1) is 24.0 Å². The molecule has 0 radical (unpaired) electrons. The molecule has 2 rings (SSSR count). The van der Waals surface area contributed by atoms with Crippen LogP contribution in [0, 0.1) is 0 Å². The van der Waals surface area contributed by atoms with Crippen LogP contribution in [0.5, 0.6) is 5.75 Å². The molecule has 0 aromatic heterocycles. The second kappa shape index (κ2) is 13.1. The Morgan fingerprint density at radius 1 is 0.933 bits per heavy atom. The van der Waals surface area contributed by atoms with Crippen LogP contribution in [0.1, 0.15) is 43.1 Å². The van der Waals surface area contributed by atoms with Crippen LogP contribution in [0.25, 0.3) is 0 Å². The first-order chi connectivity index (χ1) is 13.9. The molecule has 6 nitrogen and oxygen atoms in total. The van der Waals surface area contributed by atoms with Gasteiger partial charge in [0, 0.05) is 37.8 Å². The fraction of sp³-hybridized carbons (Fsp3) is 0.391. The van der Waals surface area contributed by atoms with Crippen molar-refractivity contribution in [3.63, 3.8) is 0 Å². The van der Waals surface area contributed by atoms with Crippen molar-refractivity contribution in [3.8, 4) is 5.75 Å². The molecule has 3 N–H and O–H groups in total. The molecule has 0 spiro atoms. The van der Waals surface area contributed by atoms with Crippen LogP contribution in [0.15, 0.2) is 59.6 Å². The average molecular weight is 524 g/mol. The Morgan fingerprint density at radius 2 is 1.57 bits per heavy atom. The third-order valence-corrected chi connectivity index (χ3v) is 4.03. The Hall–Kier alpha value is -2.29. The number of hydrogen-bond donors (Lipinski definition) is 3. The largest absolute Gasteiger partial charge is 0.488 e. The summed E-state index contributed by atoms with van der Waals surface area (Å²) in [5.41, 5.74) is 1.50. The lowest BCUT2D eigenvalue weighted by Gasteiger charge is -2.23. The number of amides is 1. The lowest BCUT2D eigenvalue weighted by molar-refractivity contribution is 0.0953. The smallest absolute Gasteiger partial charge is 0.251 e. The molecule has 1 amide bonds. The van der Waals surface area contributed by atoms with Crippen molar-refractivity contribution in [1.29, 1.82) is 0 Å². The summed E-state index contributed by atoms with van der Waals surface area (Å²) in [7, 11) is 1.74. The fourth-order valence-electron chi connectivity index (χ4n) is 2.67. The summed E-state index contributed by atoms with van der Waals surface area (Å²) in [5, 5.41) is 9.50. The molecule has 0 fully saturated rings. The number of carbonyl (C=O) groups excluding carboxylic acids is 1. The zero-order valence-electron chi connectivity index (χ0n) is 18.2. The molecule has 0 aliphatic heterocycles. The van der Waals surface area contributed by atoms with E-state index in [4.69, 9.17) is 4.74 Å². The fourth-order valence-corrected chi connectivity index (χ4v) is 2.67. The minimum atomic E-state index is -0.250. The summed E-state index contributed by atoms with van der Waals surface area (Å²) in [6, 6.07) is 17.2. The summed E-state index contributed by atoms with van der Waals surface area (Å²) in [4.78, 5) is 16.3. The highest BCUT2D eigenvalue weighted by Crippen LogP contribution is 2.22. The van der Waals surface area contributed by atoms with Gasteiger partial charge in [0.25, 0.3) is 5.91 Å². The zero-order valence-corrected chi connectivity index (χ0v) is 20.5. The summed E-state index contributed by atoms with van der Waals surface area (Å²) in [6.45, 7) is 8.02. The number of nitrogens with zero attached hydrogens (tertiary/aromatic N) is 1.